The van der Waals surface area contributed by atoms with Crippen LogP contribution >= 0.6 is 11.6 Å². The molecule has 1 N–H and O–H groups in total. The number of rotatable bonds is 6. The van der Waals surface area contributed by atoms with E-state index in [9.17, 15) is 9.59 Å². The SMILES string of the molecule is COc1ccc(Cl)cc1NC(=O)CC[C@@H]1CCCN(C(=O)C2=C(C)OCCO2)C1. The van der Waals surface area contributed by atoms with Gasteiger partial charge in [0.15, 0.2) is 0 Å². The third-order valence-corrected chi connectivity index (χ3v) is 5.42. The van der Waals surface area contributed by atoms with Crippen LogP contribution in [-0.2, 0) is 19.1 Å². The van der Waals surface area contributed by atoms with E-state index in [4.69, 9.17) is 25.8 Å². The van der Waals surface area contributed by atoms with E-state index in [-0.39, 0.29) is 17.7 Å². The van der Waals surface area contributed by atoms with Gasteiger partial charge in [-0.3, -0.25) is 9.59 Å². The summed E-state index contributed by atoms with van der Waals surface area (Å²) in [4.78, 5) is 27.0. The highest BCUT2D eigenvalue weighted by Gasteiger charge is 2.29. The van der Waals surface area contributed by atoms with E-state index in [1.54, 1.807) is 37.1 Å². The molecule has 2 amide bonds. The Bertz CT molecular complexity index is 795. The molecule has 29 heavy (non-hydrogen) atoms. The Morgan fingerprint density at radius 2 is 2.10 bits per heavy atom. The fraction of sp³-hybridized carbons (Fsp3) is 0.524. The van der Waals surface area contributed by atoms with E-state index in [0.29, 0.717) is 67.1 Å². The molecule has 1 aromatic carbocycles. The van der Waals surface area contributed by atoms with Crippen molar-refractivity contribution in [1.82, 2.24) is 4.90 Å². The van der Waals surface area contributed by atoms with Crippen molar-refractivity contribution in [1.29, 1.82) is 0 Å². The molecule has 0 aromatic heterocycles. The zero-order valence-electron chi connectivity index (χ0n) is 16.8. The number of allylic oxidation sites excluding steroid dienone is 1. The molecule has 2 heterocycles. The number of likely N-dealkylation sites (tertiary alicyclic amines) is 1. The van der Waals surface area contributed by atoms with Crippen LogP contribution in [0.4, 0.5) is 5.69 Å². The summed E-state index contributed by atoms with van der Waals surface area (Å²) < 4.78 is 16.2. The lowest BCUT2D eigenvalue weighted by Crippen LogP contribution is -2.42. The first kappa shape index (κ1) is 21.3. The van der Waals surface area contributed by atoms with Crippen LogP contribution in [0.2, 0.25) is 5.02 Å². The highest BCUT2D eigenvalue weighted by Crippen LogP contribution is 2.29. The average molecular weight is 423 g/mol. The van der Waals surface area contributed by atoms with Gasteiger partial charge in [-0.25, -0.2) is 0 Å². The molecule has 3 rings (SSSR count). The van der Waals surface area contributed by atoms with Crippen molar-refractivity contribution < 1.29 is 23.8 Å². The standard InChI is InChI=1S/C21H27ClN2O5/c1-14-20(29-11-10-28-14)21(26)24-9-3-4-15(13-24)5-8-19(25)23-17-12-16(22)6-7-18(17)27-2/h6-7,12,15H,3-5,8-11,13H2,1-2H3,(H,23,25)/t15-/m0/s1. The van der Waals surface area contributed by atoms with E-state index in [1.165, 1.54) is 0 Å². The second-order valence-electron chi connectivity index (χ2n) is 7.27. The summed E-state index contributed by atoms with van der Waals surface area (Å²) in [5.41, 5.74) is 0.558. The molecule has 0 radical (unpaired) electrons. The summed E-state index contributed by atoms with van der Waals surface area (Å²) >= 11 is 6.01. The molecular weight excluding hydrogens is 396 g/mol. The summed E-state index contributed by atoms with van der Waals surface area (Å²) in [5, 5.41) is 3.39. The van der Waals surface area contributed by atoms with Gasteiger partial charge in [0.2, 0.25) is 11.7 Å². The first-order chi connectivity index (χ1) is 14.0. The van der Waals surface area contributed by atoms with Gasteiger partial charge in [-0.2, -0.15) is 0 Å². The minimum absolute atomic E-state index is 0.100. The molecule has 8 heteroatoms. The van der Waals surface area contributed by atoms with Gasteiger partial charge in [-0.05, 0) is 50.3 Å². The molecule has 0 bridgehead atoms. The molecule has 1 fully saturated rings. The van der Waals surface area contributed by atoms with E-state index in [1.807, 2.05) is 0 Å². The van der Waals surface area contributed by atoms with Gasteiger partial charge in [0.25, 0.3) is 5.91 Å². The molecule has 0 unspecified atom stereocenters. The largest absolute Gasteiger partial charge is 0.495 e. The van der Waals surface area contributed by atoms with Crippen molar-refractivity contribution in [2.24, 2.45) is 5.92 Å². The number of hydrogen-bond donors (Lipinski definition) is 1. The lowest BCUT2D eigenvalue weighted by atomic mass is 9.93. The van der Waals surface area contributed by atoms with Crippen molar-refractivity contribution in [2.75, 3.05) is 38.7 Å². The maximum Gasteiger partial charge on any atom is 0.292 e. The van der Waals surface area contributed by atoms with Crippen molar-refractivity contribution in [2.45, 2.75) is 32.6 Å². The molecule has 158 valence electrons. The number of amides is 2. The molecule has 1 atom stereocenters. The molecular formula is C21H27ClN2O5. The van der Waals surface area contributed by atoms with Crippen LogP contribution in [0.1, 0.15) is 32.6 Å². The number of anilines is 1. The van der Waals surface area contributed by atoms with Crippen LogP contribution < -0.4 is 10.1 Å². The van der Waals surface area contributed by atoms with Crippen LogP contribution in [0.15, 0.2) is 29.7 Å². The first-order valence-electron chi connectivity index (χ1n) is 9.87. The van der Waals surface area contributed by atoms with E-state index in [2.05, 4.69) is 5.32 Å². The van der Waals surface area contributed by atoms with Crippen LogP contribution in [-0.4, -0.2) is 50.1 Å². The summed E-state index contributed by atoms with van der Waals surface area (Å²) in [5.74, 6) is 1.46. The van der Waals surface area contributed by atoms with Crippen molar-refractivity contribution in [3.8, 4) is 5.75 Å². The predicted molar refractivity (Wildman–Crippen MR) is 110 cm³/mol. The molecule has 0 spiro atoms. The first-order valence-corrected chi connectivity index (χ1v) is 10.2. The van der Waals surface area contributed by atoms with Crippen molar-refractivity contribution >= 4 is 29.1 Å². The quantitative estimate of drug-likeness (QED) is 0.758. The Balaban J connectivity index is 1.52. The van der Waals surface area contributed by atoms with Crippen LogP contribution in [0.3, 0.4) is 0 Å². The molecule has 0 saturated carbocycles. The zero-order chi connectivity index (χ0) is 20.8. The number of carbonyl (C=O) groups excluding carboxylic acids is 2. The third kappa shape index (κ3) is 5.56. The summed E-state index contributed by atoms with van der Waals surface area (Å²) in [6.07, 6.45) is 2.97. The minimum atomic E-state index is -0.125. The monoisotopic (exact) mass is 422 g/mol. The fourth-order valence-electron chi connectivity index (χ4n) is 3.67. The second-order valence-corrected chi connectivity index (χ2v) is 7.71. The third-order valence-electron chi connectivity index (χ3n) is 5.18. The second kappa shape index (κ2) is 9.87. The maximum atomic E-state index is 12.7. The Hall–Kier alpha value is -2.41. The molecule has 7 nitrogen and oxygen atoms in total. The van der Waals surface area contributed by atoms with Crippen LogP contribution in [0.25, 0.3) is 0 Å². The van der Waals surface area contributed by atoms with Gasteiger partial charge < -0.3 is 24.4 Å². The highest BCUT2D eigenvalue weighted by molar-refractivity contribution is 6.31. The van der Waals surface area contributed by atoms with Gasteiger partial charge in [-0.1, -0.05) is 11.6 Å². The van der Waals surface area contributed by atoms with Gasteiger partial charge >= 0.3 is 0 Å². The van der Waals surface area contributed by atoms with Crippen LogP contribution in [0, 0.1) is 5.92 Å². The number of piperidine rings is 1. The Labute approximate surface area is 175 Å². The molecule has 1 saturated heterocycles. The highest BCUT2D eigenvalue weighted by atomic mass is 35.5. The van der Waals surface area contributed by atoms with Gasteiger partial charge in [0.05, 0.1) is 12.8 Å². The topological polar surface area (TPSA) is 77.1 Å². The molecule has 1 aromatic rings. The van der Waals surface area contributed by atoms with E-state index >= 15 is 0 Å². The van der Waals surface area contributed by atoms with Gasteiger partial charge in [0.1, 0.15) is 24.7 Å². The number of methoxy groups -OCH3 is 1. The fourth-order valence-corrected chi connectivity index (χ4v) is 3.84. The summed E-state index contributed by atoms with van der Waals surface area (Å²) in [6.45, 7) is 3.93. The van der Waals surface area contributed by atoms with Crippen molar-refractivity contribution in [3.63, 3.8) is 0 Å². The Kier molecular flexibility index (Phi) is 7.25. The molecule has 2 aliphatic heterocycles. The lowest BCUT2D eigenvalue weighted by molar-refractivity contribution is -0.134. The normalized spacial score (nSPS) is 19.3. The number of hydrogen-bond acceptors (Lipinski definition) is 5. The van der Waals surface area contributed by atoms with E-state index in [0.717, 1.165) is 12.8 Å². The number of ether oxygens (including phenoxy) is 3. The van der Waals surface area contributed by atoms with Crippen molar-refractivity contribution in [3.05, 3.63) is 34.7 Å². The Morgan fingerprint density at radius 1 is 1.31 bits per heavy atom. The van der Waals surface area contributed by atoms with E-state index < -0.39 is 0 Å². The smallest absolute Gasteiger partial charge is 0.292 e. The number of benzene rings is 1. The predicted octanol–water partition coefficient (Wildman–Crippen LogP) is 3.58. The number of carbonyl (C=O) groups is 2. The maximum absolute atomic E-state index is 12.7. The minimum Gasteiger partial charge on any atom is -0.495 e. The molecule has 0 aliphatic carbocycles. The number of nitrogens with zero attached hydrogens (tertiary/aromatic N) is 1. The lowest BCUT2D eigenvalue weighted by Gasteiger charge is -2.34. The number of halogens is 1. The summed E-state index contributed by atoms with van der Waals surface area (Å²) in [7, 11) is 1.55. The summed E-state index contributed by atoms with van der Waals surface area (Å²) in [6, 6.07) is 5.10. The van der Waals surface area contributed by atoms with Gasteiger partial charge in [-0.15, -0.1) is 0 Å². The van der Waals surface area contributed by atoms with Crippen LogP contribution in [0.5, 0.6) is 5.75 Å². The average Bonchev–Trinajstić information content (AvgIpc) is 2.72. The Morgan fingerprint density at radius 3 is 2.86 bits per heavy atom. The van der Waals surface area contributed by atoms with Gasteiger partial charge in [0, 0.05) is 24.5 Å². The molecule has 2 aliphatic rings. The number of nitrogens with one attached hydrogen (secondary N) is 1. The zero-order valence-corrected chi connectivity index (χ0v) is 17.6.